The molecule has 2 heteroatoms. The van der Waals surface area contributed by atoms with Crippen molar-refractivity contribution in [3.8, 4) is 0 Å². The largest absolute Gasteiger partial charge is 0.366 e. The molecule has 0 saturated heterocycles. The van der Waals surface area contributed by atoms with E-state index in [9.17, 15) is 10.2 Å². The van der Waals surface area contributed by atoms with Crippen molar-refractivity contribution >= 4 is 0 Å². The van der Waals surface area contributed by atoms with Gasteiger partial charge in [0.1, 0.15) is 0 Å². The standard InChI is InChI=1S/C19H24O2/c20-19(21,15-7-13-17-9-3-1-4-10-17)16-8-14-18-11-5-2-6-12-18/h1-6,9-12,20-21H,7-8,13-16H2. The maximum Gasteiger partial charge on any atom is 0.162 e. The maximum absolute atomic E-state index is 10.0. The number of aryl methyl sites for hydroxylation is 2. The first-order valence-electron chi connectivity index (χ1n) is 7.68. The summed E-state index contributed by atoms with van der Waals surface area (Å²) in [7, 11) is 0. The number of aliphatic hydroxyl groups is 2. The first-order chi connectivity index (χ1) is 10.2. The third-order valence-corrected chi connectivity index (χ3v) is 3.77. The number of benzene rings is 2. The summed E-state index contributed by atoms with van der Waals surface area (Å²) in [6.07, 6.45) is 4.23. The van der Waals surface area contributed by atoms with Gasteiger partial charge in [-0.2, -0.15) is 0 Å². The van der Waals surface area contributed by atoms with Crippen LogP contribution in [-0.2, 0) is 12.8 Å². The molecule has 0 heterocycles. The third kappa shape index (κ3) is 6.11. The summed E-state index contributed by atoms with van der Waals surface area (Å²) in [6.45, 7) is 0. The quantitative estimate of drug-likeness (QED) is 0.725. The molecule has 2 N–H and O–H groups in total. The molecule has 0 aliphatic carbocycles. The highest BCUT2D eigenvalue weighted by atomic mass is 16.5. The second-order valence-electron chi connectivity index (χ2n) is 5.66. The summed E-state index contributed by atoms with van der Waals surface area (Å²) >= 11 is 0. The molecule has 0 amide bonds. The van der Waals surface area contributed by atoms with Crippen LogP contribution in [0.1, 0.15) is 36.8 Å². The SMILES string of the molecule is OC(O)(CCCc1ccccc1)CCCc1ccccc1. The van der Waals surface area contributed by atoms with Crippen molar-refractivity contribution in [1.29, 1.82) is 0 Å². The van der Waals surface area contributed by atoms with Crippen LogP contribution in [0, 0.1) is 0 Å². The van der Waals surface area contributed by atoms with E-state index < -0.39 is 5.79 Å². The second kappa shape index (κ2) is 7.96. The molecule has 21 heavy (non-hydrogen) atoms. The molecule has 2 aromatic rings. The Kier molecular flexibility index (Phi) is 5.97. The van der Waals surface area contributed by atoms with Gasteiger partial charge in [-0.25, -0.2) is 0 Å². The van der Waals surface area contributed by atoms with E-state index in [2.05, 4.69) is 24.3 Å². The fourth-order valence-electron chi connectivity index (χ4n) is 2.57. The van der Waals surface area contributed by atoms with Crippen LogP contribution >= 0.6 is 0 Å². The molecule has 0 fully saturated rings. The van der Waals surface area contributed by atoms with Crippen molar-refractivity contribution in [2.45, 2.75) is 44.3 Å². The molecule has 0 atom stereocenters. The van der Waals surface area contributed by atoms with Gasteiger partial charge >= 0.3 is 0 Å². The predicted octanol–water partition coefficient (Wildman–Crippen LogP) is 3.71. The topological polar surface area (TPSA) is 40.5 Å². The summed E-state index contributed by atoms with van der Waals surface area (Å²) < 4.78 is 0. The second-order valence-corrected chi connectivity index (χ2v) is 5.66. The average molecular weight is 284 g/mol. The Hall–Kier alpha value is -1.64. The van der Waals surface area contributed by atoms with Crippen molar-refractivity contribution in [2.75, 3.05) is 0 Å². The van der Waals surface area contributed by atoms with Gasteiger partial charge < -0.3 is 10.2 Å². The molecule has 2 aromatic carbocycles. The molecular formula is C19H24O2. The Morgan fingerprint density at radius 1 is 0.619 bits per heavy atom. The Balaban J connectivity index is 1.67. The van der Waals surface area contributed by atoms with Crippen LogP contribution in [0.15, 0.2) is 60.7 Å². The molecular weight excluding hydrogens is 260 g/mol. The Labute approximate surface area is 127 Å². The monoisotopic (exact) mass is 284 g/mol. The maximum atomic E-state index is 10.0. The predicted molar refractivity (Wildman–Crippen MR) is 85.9 cm³/mol. The zero-order valence-electron chi connectivity index (χ0n) is 12.4. The van der Waals surface area contributed by atoms with Gasteiger partial charge in [0.2, 0.25) is 0 Å². The van der Waals surface area contributed by atoms with Crippen LogP contribution in [0.4, 0.5) is 0 Å². The zero-order chi connectivity index (χ0) is 15.0. The molecule has 2 nitrogen and oxygen atoms in total. The average Bonchev–Trinajstić information content (AvgIpc) is 2.49. The van der Waals surface area contributed by atoms with Crippen LogP contribution in [0.2, 0.25) is 0 Å². The van der Waals surface area contributed by atoms with Gasteiger partial charge in [-0.3, -0.25) is 0 Å². The van der Waals surface area contributed by atoms with Crippen molar-refractivity contribution in [3.05, 3.63) is 71.8 Å². The van der Waals surface area contributed by atoms with Gasteiger partial charge in [0.25, 0.3) is 0 Å². The lowest BCUT2D eigenvalue weighted by Crippen LogP contribution is -2.28. The molecule has 2 rings (SSSR count). The molecule has 0 aliphatic rings. The number of rotatable bonds is 8. The number of hydrogen-bond donors (Lipinski definition) is 2. The van der Waals surface area contributed by atoms with Crippen LogP contribution in [-0.4, -0.2) is 16.0 Å². The van der Waals surface area contributed by atoms with Gasteiger partial charge in [-0.1, -0.05) is 60.7 Å². The fourth-order valence-corrected chi connectivity index (χ4v) is 2.57. The molecule has 0 aromatic heterocycles. The summed E-state index contributed by atoms with van der Waals surface area (Å²) in [5.41, 5.74) is 2.50. The lowest BCUT2D eigenvalue weighted by molar-refractivity contribution is -0.171. The van der Waals surface area contributed by atoms with Crippen molar-refractivity contribution in [1.82, 2.24) is 0 Å². The van der Waals surface area contributed by atoms with E-state index in [1.165, 1.54) is 11.1 Å². The zero-order valence-corrected chi connectivity index (χ0v) is 12.4. The van der Waals surface area contributed by atoms with Crippen molar-refractivity contribution < 1.29 is 10.2 Å². The number of hydrogen-bond acceptors (Lipinski definition) is 2. The van der Waals surface area contributed by atoms with Crippen molar-refractivity contribution in [3.63, 3.8) is 0 Å². The Bertz CT molecular complexity index is 458. The molecule has 0 unspecified atom stereocenters. The molecule has 0 radical (unpaired) electrons. The fraction of sp³-hybridized carbons (Fsp3) is 0.368. The molecule has 0 saturated carbocycles. The van der Waals surface area contributed by atoms with E-state index >= 15 is 0 Å². The lowest BCUT2D eigenvalue weighted by Gasteiger charge is -2.21. The van der Waals surface area contributed by atoms with Gasteiger partial charge in [0.05, 0.1) is 0 Å². The van der Waals surface area contributed by atoms with Gasteiger partial charge in [-0.05, 0) is 36.8 Å². The molecule has 0 aliphatic heterocycles. The highest BCUT2D eigenvalue weighted by Crippen LogP contribution is 2.19. The summed E-state index contributed by atoms with van der Waals surface area (Å²) in [5, 5.41) is 20.1. The Morgan fingerprint density at radius 2 is 1.00 bits per heavy atom. The van der Waals surface area contributed by atoms with E-state index in [1.54, 1.807) is 0 Å². The normalized spacial score (nSPS) is 11.5. The minimum atomic E-state index is -1.54. The van der Waals surface area contributed by atoms with Crippen molar-refractivity contribution in [2.24, 2.45) is 0 Å². The molecule has 0 spiro atoms. The minimum absolute atomic E-state index is 0.427. The molecule has 0 bridgehead atoms. The van der Waals surface area contributed by atoms with E-state index in [-0.39, 0.29) is 0 Å². The van der Waals surface area contributed by atoms with Crippen LogP contribution in [0.5, 0.6) is 0 Å². The molecule has 112 valence electrons. The van der Waals surface area contributed by atoms with E-state index in [0.717, 1.165) is 25.7 Å². The van der Waals surface area contributed by atoms with E-state index in [1.807, 2.05) is 36.4 Å². The smallest absolute Gasteiger partial charge is 0.162 e. The highest BCUT2D eigenvalue weighted by molar-refractivity contribution is 5.15. The third-order valence-electron chi connectivity index (χ3n) is 3.77. The van der Waals surface area contributed by atoms with Gasteiger partial charge in [0, 0.05) is 12.8 Å². The first-order valence-corrected chi connectivity index (χ1v) is 7.68. The minimum Gasteiger partial charge on any atom is -0.366 e. The highest BCUT2D eigenvalue weighted by Gasteiger charge is 2.21. The van der Waals surface area contributed by atoms with Gasteiger partial charge in [-0.15, -0.1) is 0 Å². The van der Waals surface area contributed by atoms with Gasteiger partial charge in [0.15, 0.2) is 5.79 Å². The van der Waals surface area contributed by atoms with E-state index in [0.29, 0.717) is 12.8 Å². The summed E-state index contributed by atoms with van der Waals surface area (Å²) in [5.74, 6) is -1.54. The Morgan fingerprint density at radius 3 is 1.38 bits per heavy atom. The van der Waals surface area contributed by atoms with Crippen LogP contribution < -0.4 is 0 Å². The van der Waals surface area contributed by atoms with Crippen LogP contribution in [0.3, 0.4) is 0 Å². The van der Waals surface area contributed by atoms with Crippen LogP contribution in [0.25, 0.3) is 0 Å². The summed E-state index contributed by atoms with van der Waals surface area (Å²) in [6, 6.07) is 20.3. The first kappa shape index (κ1) is 15.7. The lowest BCUT2D eigenvalue weighted by atomic mass is 9.98. The summed E-state index contributed by atoms with van der Waals surface area (Å²) in [4.78, 5) is 0. The van der Waals surface area contributed by atoms with E-state index in [4.69, 9.17) is 0 Å².